The molecule has 2 N–H and O–H groups in total. The number of nitrogens with zero attached hydrogens (tertiary/aromatic N) is 2. The van der Waals surface area contributed by atoms with Crippen molar-refractivity contribution in [3.05, 3.63) is 75.8 Å². The third kappa shape index (κ3) is 4.28. The number of anilines is 3. The minimum Gasteiger partial charge on any atom is -0.324 e. The summed E-state index contributed by atoms with van der Waals surface area (Å²) in [5, 5.41) is 6.11. The van der Waals surface area contributed by atoms with E-state index in [0.29, 0.717) is 22.1 Å². The van der Waals surface area contributed by atoms with Crippen molar-refractivity contribution < 1.29 is 9.18 Å². The molecule has 0 aliphatic heterocycles. The van der Waals surface area contributed by atoms with Crippen LogP contribution in [-0.4, -0.2) is 15.9 Å². The number of hydrogen-bond acceptors (Lipinski definition) is 4. The first kappa shape index (κ1) is 18.1. The molecule has 0 atom stereocenters. The third-order valence-electron chi connectivity index (χ3n) is 3.37. The van der Waals surface area contributed by atoms with Gasteiger partial charge in [-0.2, -0.15) is 0 Å². The van der Waals surface area contributed by atoms with Crippen molar-refractivity contribution in [3.8, 4) is 0 Å². The number of benzene rings is 2. The average Bonchev–Trinajstić information content (AvgIpc) is 2.58. The van der Waals surface area contributed by atoms with Crippen LogP contribution in [0.1, 0.15) is 16.2 Å². The highest BCUT2D eigenvalue weighted by Crippen LogP contribution is 2.29. The number of aryl methyl sites for hydroxylation is 1. The molecular weight excluding hydrogens is 378 g/mol. The second-order valence-corrected chi connectivity index (χ2v) is 6.19. The molecule has 26 heavy (non-hydrogen) atoms. The molecule has 0 aliphatic carbocycles. The van der Waals surface area contributed by atoms with Crippen LogP contribution in [0.15, 0.2) is 48.5 Å². The second kappa shape index (κ2) is 7.68. The van der Waals surface area contributed by atoms with Crippen LogP contribution in [0.5, 0.6) is 0 Å². The molecule has 1 heterocycles. The normalized spacial score (nSPS) is 10.5. The number of rotatable bonds is 4. The summed E-state index contributed by atoms with van der Waals surface area (Å²) in [6.45, 7) is 1.72. The Kier molecular flexibility index (Phi) is 5.35. The van der Waals surface area contributed by atoms with Crippen LogP contribution in [0.25, 0.3) is 0 Å². The number of carbonyl (C=O) groups excluding carboxylic acids is 1. The maximum Gasteiger partial charge on any atom is 0.274 e. The number of halogens is 3. The lowest BCUT2D eigenvalue weighted by Crippen LogP contribution is -2.15. The minimum absolute atomic E-state index is 0.132. The predicted octanol–water partition coefficient (Wildman–Crippen LogP) is 5.23. The average molecular weight is 391 g/mol. The molecule has 1 amide bonds. The van der Waals surface area contributed by atoms with E-state index in [9.17, 15) is 9.18 Å². The first-order chi connectivity index (χ1) is 12.4. The zero-order valence-corrected chi connectivity index (χ0v) is 15.1. The number of aromatic nitrogens is 2. The summed E-state index contributed by atoms with van der Waals surface area (Å²) in [5.41, 5.74) is 1.55. The summed E-state index contributed by atoms with van der Waals surface area (Å²) in [6, 6.07) is 12.3. The Morgan fingerprint density at radius 1 is 1.08 bits per heavy atom. The Hall–Kier alpha value is -2.70. The fraction of sp³-hybridized carbons (Fsp3) is 0.0556. The van der Waals surface area contributed by atoms with Crippen molar-refractivity contribution in [1.29, 1.82) is 0 Å². The van der Waals surface area contributed by atoms with Gasteiger partial charge in [-0.15, -0.1) is 0 Å². The molecule has 132 valence electrons. The molecule has 0 radical (unpaired) electrons. The van der Waals surface area contributed by atoms with Crippen LogP contribution in [-0.2, 0) is 0 Å². The maximum atomic E-state index is 13.3. The highest BCUT2D eigenvalue weighted by Gasteiger charge is 2.14. The van der Waals surface area contributed by atoms with Crippen molar-refractivity contribution in [2.75, 3.05) is 10.6 Å². The first-order valence-corrected chi connectivity index (χ1v) is 8.31. The molecule has 5 nitrogen and oxygen atoms in total. The highest BCUT2D eigenvalue weighted by atomic mass is 35.5. The van der Waals surface area contributed by atoms with E-state index in [1.54, 1.807) is 37.3 Å². The van der Waals surface area contributed by atoms with Crippen LogP contribution >= 0.6 is 23.2 Å². The zero-order chi connectivity index (χ0) is 18.7. The van der Waals surface area contributed by atoms with Gasteiger partial charge in [-0.1, -0.05) is 35.3 Å². The number of amides is 1. The van der Waals surface area contributed by atoms with Gasteiger partial charge in [0.1, 0.15) is 11.5 Å². The van der Waals surface area contributed by atoms with E-state index in [1.807, 2.05) is 0 Å². The number of carbonyl (C=O) groups is 1. The van der Waals surface area contributed by atoms with Gasteiger partial charge in [0, 0.05) is 11.4 Å². The van der Waals surface area contributed by atoms with E-state index in [-0.39, 0.29) is 16.7 Å². The van der Waals surface area contributed by atoms with Gasteiger partial charge in [0.15, 0.2) is 0 Å². The standard InChI is InChI=1S/C18H13Cl2FN4O/c1-10-8-15(17(26)24-14-7-3-6-13(19)16(14)20)25-18(22-10)23-12-5-2-4-11(21)9-12/h2-9H,1H3,(H,24,26)(H,22,23,25). The number of nitrogens with one attached hydrogen (secondary N) is 2. The fourth-order valence-electron chi connectivity index (χ4n) is 2.22. The molecule has 0 unspecified atom stereocenters. The molecule has 2 aromatic carbocycles. The summed E-state index contributed by atoms with van der Waals surface area (Å²) >= 11 is 12.0. The van der Waals surface area contributed by atoms with Crippen LogP contribution in [0.3, 0.4) is 0 Å². The van der Waals surface area contributed by atoms with Crippen molar-refractivity contribution in [2.45, 2.75) is 6.92 Å². The number of hydrogen-bond donors (Lipinski definition) is 2. The van der Waals surface area contributed by atoms with Gasteiger partial charge < -0.3 is 10.6 Å². The second-order valence-electron chi connectivity index (χ2n) is 5.41. The third-order valence-corrected chi connectivity index (χ3v) is 4.19. The van der Waals surface area contributed by atoms with Crippen LogP contribution in [0.4, 0.5) is 21.7 Å². The fourth-order valence-corrected chi connectivity index (χ4v) is 2.57. The Bertz CT molecular complexity index is 981. The molecule has 0 saturated carbocycles. The van der Waals surface area contributed by atoms with Gasteiger partial charge in [0.25, 0.3) is 5.91 Å². The first-order valence-electron chi connectivity index (χ1n) is 7.56. The van der Waals surface area contributed by atoms with Gasteiger partial charge in [-0.25, -0.2) is 14.4 Å². The highest BCUT2D eigenvalue weighted by molar-refractivity contribution is 6.44. The lowest BCUT2D eigenvalue weighted by atomic mass is 10.2. The van der Waals surface area contributed by atoms with Crippen molar-refractivity contribution in [1.82, 2.24) is 9.97 Å². The van der Waals surface area contributed by atoms with E-state index in [2.05, 4.69) is 20.6 Å². The van der Waals surface area contributed by atoms with E-state index in [0.717, 1.165) is 0 Å². The summed E-state index contributed by atoms with van der Waals surface area (Å²) in [6.07, 6.45) is 0. The largest absolute Gasteiger partial charge is 0.324 e. The van der Waals surface area contributed by atoms with Crippen molar-refractivity contribution in [2.24, 2.45) is 0 Å². The van der Waals surface area contributed by atoms with Crippen LogP contribution in [0, 0.1) is 12.7 Å². The van der Waals surface area contributed by atoms with Crippen molar-refractivity contribution in [3.63, 3.8) is 0 Å². The minimum atomic E-state index is -0.470. The summed E-state index contributed by atoms with van der Waals surface area (Å²) in [4.78, 5) is 20.9. The Morgan fingerprint density at radius 2 is 1.85 bits per heavy atom. The zero-order valence-electron chi connectivity index (χ0n) is 13.6. The predicted molar refractivity (Wildman–Crippen MR) is 101 cm³/mol. The van der Waals surface area contributed by atoms with Crippen LogP contribution in [0.2, 0.25) is 10.0 Å². The molecule has 8 heteroatoms. The van der Waals surface area contributed by atoms with Gasteiger partial charge >= 0.3 is 0 Å². The molecular formula is C18H13Cl2FN4O. The lowest BCUT2D eigenvalue weighted by Gasteiger charge is -2.10. The lowest BCUT2D eigenvalue weighted by molar-refractivity contribution is 0.102. The van der Waals surface area contributed by atoms with E-state index in [4.69, 9.17) is 23.2 Å². The molecule has 3 aromatic rings. The van der Waals surface area contributed by atoms with E-state index >= 15 is 0 Å². The van der Waals surface area contributed by atoms with Gasteiger partial charge in [-0.3, -0.25) is 4.79 Å². The molecule has 0 spiro atoms. The molecule has 1 aromatic heterocycles. The maximum absolute atomic E-state index is 13.3. The SMILES string of the molecule is Cc1cc(C(=O)Nc2cccc(Cl)c2Cl)nc(Nc2cccc(F)c2)n1. The van der Waals surface area contributed by atoms with E-state index < -0.39 is 11.7 Å². The topological polar surface area (TPSA) is 66.9 Å². The smallest absolute Gasteiger partial charge is 0.274 e. The molecule has 0 aliphatic rings. The summed E-state index contributed by atoms with van der Waals surface area (Å²) in [7, 11) is 0. The Balaban J connectivity index is 1.84. The van der Waals surface area contributed by atoms with Crippen molar-refractivity contribution >= 4 is 46.4 Å². The summed E-state index contributed by atoms with van der Waals surface area (Å²) in [5.74, 6) is -0.684. The molecule has 0 fully saturated rings. The van der Waals surface area contributed by atoms with E-state index in [1.165, 1.54) is 18.2 Å². The van der Waals surface area contributed by atoms with Gasteiger partial charge in [0.05, 0.1) is 15.7 Å². The summed E-state index contributed by atoms with van der Waals surface area (Å²) < 4.78 is 13.3. The van der Waals surface area contributed by atoms with Gasteiger partial charge in [-0.05, 0) is 43.3 Å². The van der Waals surface area contributed by atoms with Crippen LogP contribution < -0.4 is 10.6 Å². The Labute approximate surface area is 159 Å². The molecule has 0 bridgehead atoms. The molecule has 3 rings (SSSR count). The quantitative estimate of drug-likeness (QED) is 0.640. The molecule has 0 saturated heterocycles. The monoisotopic (exact) mass is 390 g/mol. The Morgan fingerprint density at radius 3 is 2.62 bits per heavy atom. The van der Waals surface area contributed by atoms with Gasteiger partial charge in [0.2, 0.25) is 5.95 Å².